The molecule has 1 aliphatic carbocycles. The minimum atomic E-state index is -0.00978. The van der Waals surface area contributed by atoms with Gasteiger partial charge in [0.25, 0.3) is 0 Å². The summed E-state index contributed by atoms with van der Waals surface area (Å²) in [6.07, 6.45) is 7.80. The van der Waals surface area contributed by atoms with Gasteiger partial charge in [0.2, 0.25) is 12.7 Å². The maximum atomic E-state index is 13.2. The fraction of sp³-hybridized carbons (Fsp3) is 0.375. The molecule has 1 heterocycles. The van der Waals surface area contributed by atoms with Crippen molar-refractivity contribution in [1.82, 2.24) is 4.90 Å². The van der Waals surface area contributed by atoms with Gasteiger partial charge in [-0.1, -0.05) is 18.9 Å². The first kappa shape index (κ1) is 20.1. The van der Waals surface area contributed by atoms with Crippen LogP contribution in [0.1, 0.15) is 36.8 Å². The molecule has 6 heteroatoms. The number of hydrogen-bond donors (Lipinski definition) is 0. The lowest BCUT2D eigenvalue weighted by molar-refractivity contribution is -0.128. The zero-order chi connectivity index (χ0) is 20.9. The molecule has 0 spiro atoms. The normalized spacial score (nSPS) is 15.5. The summed E-state index contributed by atoms with van der Waals surface area (Å²) in [5.41, 5.74) is 1.84. The van der Waals surface area contributed by atoms with Gasteiger partial charge >= 0.3 is 0 Å². The Morgan fingerprint density at radius 3 is 2.63 bits per heavy atom. The first-order chi connectivity index (χ1) is 14.7. The predicted octanol–water partition coefficient (Wildman–Crippen LogP) is 4.42. The van der Waals surface area contributed by atoms with Crippen molar-refractivity contribution in [2.24, 2.45) is 0 Å². The van der Waals surface area contributed by atoms with Crippen LogP contribution in [-0.2, 0) is 11.3 Å². The third-order valence-corrected chi connectivity index (χ3v) is 5.68. The SMILES string of the molecule is COc1ccc(OC)c(C=CC(=O)N(Cc2ccc3c(c2)OCO3)C2CCCC2)c1. The number of carbonyl (C=O) groups is 1. The fourth-order valence-corrected chi connectivity index (χ4v) is 4.07. The molecule has 2 aliphatic rings. The van der Waals surface area contributed by atoms with E-state index in [-0.39, 0.29) is 18.7 Å². The van der Waals surface area contributed by atoms with Crippen LogP contribution in [0, 0.1) is 0 Å². The summed E-state index contributed by atoms with van der Waals surface area (Å²) < 4.78 is 21.6. The average molecular weight is 409 g/mol. The van der Waals surface area contributed by atoms with E-state index in [9.17, 15) is 4.79 Å². The highest BCUT2D eigenvalue weighted by Crippen LogP contribution is 2.34. The molecule has 4 rings (SSSR count). The Kier molecular flexibility index (Phi) is 6.12. The van der Waals surface area contributed by atoms with Crippen LogP contribution >= 0.6 is 0 Å². The summed E-state index contributed by atoms with van der Waals surface area (Å²) in [6.45, 7) is 0.787. The lowest BCUT2D eigenvalue weighted by atomic mass is 10.1. The molecular weight excluding hydrogens is 382 g/mol. The third kappa shape index (κ3) is 4.37. The molecule has 1 amide bonds. The van der Waals surface area contributed by atoms with Crippen molar-refractivity contribution in [1.29, 1.82) is 0 Å². The zero-order valence-electron chi connectivity index (χ0n) is 17.4. The highest BCUT2D eigenvalue weighted by atomic mass is 16.7. The highest BCUT2D eigenvalue weighted by Gasteiger charge is 2.26. The molecule has 6 nitrogen and oxygen atoms in total. The van der Waals surface area contributed by atoms with Crippen molar-refractivity contribution in [3.63, 3.8) is 0 Å². The minimum absolute atomic E-state index is 0.00978. The molecule has 2 aromatic rings. The van der Waals surface area contributed by atoms with E-state index in [1.54, 1.807) is 26.4 Å². The van der Waals surface area contributed by atoms with E-state index in [1.807, 2.05) is 41.3 Å². The summed E-state index contributed by atoms with van der Waals surface area (Å²) >= 11 is 0. The number of amides is 1. The lowest BCUT2D eigenvalue weighted by Crippen LogP contribution is -2.37. The van der Waals surface area contributed by atoms with Crippen LogP contribution < -0.4 is 18.9 Å². The van der Waals surface area contributed by atoms with Crippen LogP contribution in [0.5, 0.6) is 23.0 Å². The van der Waals surface area contributed by atoms with Gasteiger partial charge in [-0.05, 0) is 54.8 Å². The molecule has 30 heavy (non-hydrogen) atoms. The number of benzene rings is 2. The molecule has 158 valence electrons. The highest BCUT2D eigenvalue weighted by molar-refractivity contribution is 5.92. The first-order valence-electron chi connectivity index (χ1n) is 10.3. The third-order valence-electron chi connectivity index (χ3n) is 5.68. The standard InChI is InChI=1S/C24H27NO5/c1-27-20-9-11-21(28-2)18(14-20)8-12-24(26)25(19-5-3-4-6-19)15-17-7-10-22-23(13-17)30-16-29-22/h7-14,19H,3-6,15-16H2,1-2H3. The fourth-order valence-electron chi connectivity index (χ4n) is 4.07. The smallest absolute Gasteiger partial charge is 0.247 e. The Balaban J connectivity index is 1.55. The van der Waals surface area contributed by atoms with Crippen LogP contribution in [0.4, 0.5) is 0 Å². The van der Waals surface area contributed by atoms with Crippen molar-refractivity contribution in [2.75, 3.05) is 21.0 Å². The summed E-state index contributed by atoms with van der Waals surface area (Å²) in [4.78, 5) is 15.2. The monoisotopic (exact) mass is 409 g/mol. The van der Waals surface area contributed by atoms with Crippen molar-refractivity contribution in [2.45, 2.75) is 38.3 Å². The van der Waals surface area contributed by atoms with E-state index in [0.717, 1.165) is 54.1 Å². The molecule has 1 aliphatic heterocycles. The molecule has 0 radical (unpaired) electrons. The minimum Gasteiger partial charge on any atom is -0.497 e. The van der Waals surface area contributed by atoms with Gasteiger partial charge in [-0.3, -0.25) is 4.79 Å². The number of fused-ring (bicyclic) bond motifs is 1. The summed E-state index contributed by atoms with van der Waals surface area (Å²) in [5.74, 6) is 2.90. The molecule has 0 bridgehead atoms. The van der Waals surface area contributed by atoms with E-state index in [0.29, 0.717) is 12.3 Å². The molecule has 0 aromatic heterocycles. The van der Waals surface area contributed by atoms with E-state index < -0.39 is 0 Å². The van der Waals surface area contributed by atoms with E-state index in [2.05, 4.69) is 0 Å². The zero-order valence-corrected chi connectivity index (χ0v) is 17.4. The molecule has 0 unspecified atom stereocenters. The summed E-state index contributed by atoms with van der Waals surface area (Å²) in [7, 11) is 3.24. The Labute approximate surface area is 177 Å². The van der Waals surface area contributed by atoms with Crippen LogP contribution in [0.2, 0.25) is 0 Å². The maximum absolute atomic E-state index is 13.2. The average Bonchev–Trinajstić information content (AvgIpc) is 3.47. The van der Waals surface area contributed by atoms with Crippen LogP contribution in [-0.4, -0.2) is 37.9 Å². The topological polar surface area (TPSA) is 57.2 Å². The van der Waals surface area contributed by atoms with Gasteiger partial charge < -0.3 is 23.8 Å². The number of nitrogens with zero attached hydrogens (tertiary/aromatic N) is 1. The largest absolute Gasteiger partial charge is 0.497 e. The van der Waals surface area contributed by atoms with Gasteiger partial charge in [-0.2, -0.15) is 0 Å². The van der Waals surface area contributed by atoms with Crippen molar-refractivity contribution in [3.8, 4) is 23.0 Å². The van der Waals surface area contributed by atoms with Gasteiger partial charge in [-0.15, -0.1) is 0 Å². The quantitative estimate of drug-likeness (QED) is 0.634. The molecule has 0 atom stereocenters. The maximum Gasteiger partial charge on any atom is 0.247 e. The number of hydrogen-bond acceptors (Lipinski definition) is 5. The lowest BCUT2D eigenvalue weighted by Gasteiger charge is -2.28. The molecule has 0 N–H and O–H groups in total. The molecular formula is C24H27NO5. The number of carbonyl (C=O) groups excluding carboxylic acids is 1. The van der Waals surface area contributed by atoms with Gasteiger partial charge in [0, 0.05) is 24.2 Å². The van der Waals surface area contributed by atoms with Gasteiger partial charge in [-0.25, -0.2) is 0 Å². The van der Waals surface area contributed by atoms with Crippen LogP contribution in [0.15, 0.2) is 42.5 Å². The van der Waals surface area contributed by atoms with Crippen molar-refractivity contribution >= 4 is 12.0 Å². The second kappa shape index (κ2) is 9.11. The van der Waals surface area contributed by atoms with Gasteiger partial charge in [0.15, 0.2) is 11.5 Å². The molecule has 2 aromatic carbocycles. The number of ether oxygens (including phenoxy) is 4. The van der Waals surface area contributed by atoms with Crippen molar-refractivity contribution < 1.29 is 23.7 Å². The molecule has 1 fully saturated rings. The first-order valence-corrected chi connectivity index (χ1v) is 10.3. The Bertz CT molecular complexity index is 933. The van der Waals surface area contributed by atoms with E-state index in [1.165, 1.54) is 0 Å². The second-order valence-electron chi connectivity index (χ2n) is 7.53. The van der Waals surface area contributed by atoms with Crippen LogP contribution in [0.25, 0.3) is 6.08 Å². The van der Waals surface area contributed by atoms with Crippen LogP contribution in [0.3, 0.4) is 0 Å². The number of methoxy groups -OCH3 is 2. The summed E-state index contributed by atoms with van der Waals surface area (Å²) in [6, 6.07) is 11.7. The van der Waals surface area contributed by atoms with Gasteiger partial charge in [0.1, 0.15) is 11.5 Å². The Hall–Kier alpha value is -3.15. The second-order valence-corrected chi connectivity index (χ2v) is 7.53. The molecule has 1 saturated carbocycles. The molecule has 0 saturated heterocycles. The summed E-state index contributed by atoms with van der Waals surface area (Å²) in [5, 5.41) is 0. The van der Waals surface area contributed by atoms with Gasteiger partial charge in [0.05, 0.1) is 14.2 Å². The number of rotatable bonds is 7. The predicted molar refractivity (Wildman–Crippen MR) is 114 cm³/mol. The van der Waals surface area contributed by atoms with E-state index >= 15 is 0 Å². The van der Waals surface area contributed by atoms with Crippen molar-refractivity contribution in [3.05, 3.63) is 53.6 Å². The Morgan fingerprint density at radius 2 is 1.87 bits per heavy atom. The Morgan fingerprint density at radius 1 is 1.07 bits per heavy atom. The van der Waals surface area contributed by atoms with E-state index in [4.69, 9.17) is 18.9 Å².